The predicted molar refractivity (Wildman–Crippen MR) is 77.7 cm³/mol. The fourth-order valence-electron chi connectivity index (χ4n) is 1.77. The lowest BCUT2D eigenvalue weighted by Crippen LogP contribution is -2.23. The minimum absolute atomic E-state index is 0.440. The van der Waals surface area contributed by atoms with E-state index in [1.807, 2.05) is 45.0 Å². The van der Waals surface area contributed by atoms with Crippen LogP contribution in [0.2, 0.25) is 5.02 Å². The van der Waals surface area contributed by atoms with E-state index in [9.17, 15) is 0 Å². The number of rotatable bonds is 6. The van der Waals surface area contributed by atoms with E-state index < -0.39 is 5.60 Å². The third-order valence-corrected chi connectivity index (χ3v) is 3.02. The number of hydrogen-bond acceptors (Lipinski definition) is 5. The van der Waals surface area contributed by atoms with Crippen molar-refractivity contribution in [3.63, 3.8) is 0 Å². The summed E-state index contributed by atoms with van der Waals surface area (Å²) in [7, 11) is 0. The average Bonchev–Trinajstić information content (AvgIpc) is 2.86. The summed E-state index contributed by atoms with van der Waals surface area (Å²) in [6.45, 7) is 6.79. The molecule has 1 heterocycles. The Morgan fingerprint density at radius 1 is 1.40 bits per heavy atom. The monoisotopic (exact) mass is 295 g/mol. The molecule has 0 aliphatic heterocycles. The largest absolute Gasteiger partial charge is 0.376 e. The molecule has 0 aliphatic rings. The van der Waals surface area contributed by atoms with Crippen LogP contribution in [0.5, 0.6) is 0 Å². The summed E-state index contributed by atoms with van der Waals surface area (Å²) >= 11 is 5.92. The molecule has 108 valence electrons. The molecule has 6 heteroatoms. The van der Waals surface area contributed by atoms with Gasteiger partial charge in [-0.1, -0.05) is 22.8 Å². The van der Waals surface area contributed by atoms with E-state index in [0.717, 1.165) is 5.69 Å². The number of anilines is 1. The van der Waals surface area contributed by atoms with E-state index in [1.54, 1.807) is 0 Å². The van der Waals surface area contributed by atoms with Gasteiger partial charge in [0.2, 0.25) is 11.7 Å². The fourth-order valence-corrected chi connectivity index (χ4v) is 1.96. The van der Waals surface area contributed by atoms with Crippen LogP contribution in [0.25, 0.3) is 0 Å². The second kappa shape index (κ2) is 6.24. The van der Waals surface area contributed by atoms with E-state index in [2.05, 4.69) is 15.5 Å². The Balaban J connectivity index is 2.00. The first-order chi connectivity index (χ1) is 9.51. The van der Waals surface area contributed by atoms with Gasteiger partial charge >= 0.3 is 0 Å². The predicted octanol–water partition coefficient (Wildman–Crippen LogP) is 3.61. The maximum Gasteiger partial charge on any atom is 0.246 e. The molecule has 0 unspecified atom stereocenters. The first kappa shape index (κ1) is 14.8. The Kier molecular flexibility index (Phi) is 4.62. The van der Waals surface area contributed by atoms with Crippen molar-refractivity contribution in [3.8, 4) is 0 Å². The molecule has 0 spiro atoms. The summed E-state index contributed by atoms with van der Waals surface area (Å²) in [4.78, 5) is 4.34. The number of aromatic nitrogens is 2. The second-order valence-corrected chi connectivity index (χ2v) is 5.26. The lowest BCUT2D eigenvalue weighted by atomic mass is 10.1. The van der Waals surface area contributed by atoms with Crippen LogP contribution >= 0.6 is 11.6 Å². The van der Waals surface area contributed by atoms with Gasteiger partial charge in [-0.15, -0.1) is 0 Å². The number of ether oxygens (including phenoxy) is 1. The van der Waals surface area contributed by atoms with Crippen molar-refractivity contribution >= 4 is 17.3 Å². The molecule has 0 radical (unpaired) electrons. The fraction of sp³-hybridized carbons (Fsp3) is 0.429. The van der Waals surface area contributed by atoms with Crippen molar-refractivity contribution in [2.45, 2.75) is 32.9 Å². The molecule has 0 fully saturated rings. The van der Waals surface area contributed by atoms with E-state index >= 15 is 0 Å². The van der Waals surface area contributed by atoms with E-state index in [1.165, 1.54) is 0 Å². The molecule has 20 heavy (non-hydrogen) atoms. The summed E-state index contributed by atoms with van der Waals surface area (Å²) in [5.74, 6) is 1.05. The van der Waals surface area contributed by atoms with Gasteiger partial charge in [-0.3, -0.25) is 0 Å². The smallest absolute Gasteiger partial charge is 0.246 e. The zero-order chi connectivity index (χ0) is 14.6. The molecule has 2 rings (SSSR count). The van der Waals surface area contributed by atoms with Gasteiger partial charge in [-0.25, -0.2) is 0 Å². The molecule has 0 saturated carbocycles. The molecule has 0 aliphatic carbocycles. The van der Waals surface area contributed by atoms with Crippen LogP contribution < -0.4 is 5.32 Å². The van der Waals surface area contributed by atoms with Crippen molar-refractivity contribution in [2.24, 2.45) is 0 Å². The Hall–Kier alpha value is -1.59. The van der Waals surface area contributed by atoms with Gasteiger partial charge in [-0.2, -0.15) is 4.98 Å². The first-order valence-electron chi connectivity index (χ1n) is 6.47. The highest BCUT2D eigenvalue weighted by Crippen LogP contribution is 2.22. The molecular formula is C14H18ClN3O2. The van der Waals surface area contributed by atoms with Crippen LogP contribution in [0, 0.1) is 0 Å². The summed E-state index contributed by atoms with van der Waals surface area (Å²) in [5.41, 5.74) is 0.355. The molecule has 0 atom stereocenters. The van der Waals surface area contributed by atoms with Crippen molar-refractivity contribution in [1.29, 1.82) is 0 Å². The molecule has 0 amide bonds. The quantitative estimate of drug-likeness (QED) is 0.882. The highest BCUT2D eigenvalue weighted by molar-refractivity contribution is 6.30. The summed E-state index contributed by atoms with van der Waals surface area (Å²) in [5, 5.41) is 7.82. The van der Waals surface area contributed by atoms with Gasteiger partial charge in [0.15, 0.2) is 0 Å². The minimum atomic E-state index is -0.549. The summed E-state index contributed by atoms with van der Waals surface area (Å²) < 4.78 is 10.8. The van der Waals surface area contributed by atoms with E-state index in [-0.39, 0.29) is 0 Å². The molecule has 0 bridgehead atoms. The topological polar surface area (TPSA) is 60.2 Å². The number of halogens is 1. The van der Waals surface area contributed by atoms with Crippen LogP contribution in [0.3, 0.4) is 0 Å². The Morgan fingerprint density at radius 2 is 2.20 bits per heavy atom. The molecule has 1 aromatic carbocycles. The lowest BCUT2D eigenvalue weighted by Gasteiger charge is -2.19. The van der Waals surface area contributed by atoms with Crippen LogP contribution in [0.1, 0.15) is 32.5 Å². The maximum absolute atomic E-state index is 5.92. The van der Waals surface area contributed by atoms with Crippen molar-refractivity contribution in [1.82, 2.24) is 10.1 Å². The van der Waals surface area contributed by atoms with Gasteiger partial charge in [-0.05, 0) is 39.0 Å². The molecule has 2 aromatic rings. The molecule has 1 aromatic heterocycles. The van der Waals surface area contributed by atoms with Gasteiger partial charge in [0.05, 0.1) is 6.54 Å². The molecular weight excluding hydrogens is 278 g/mol. The van der Waals surface area contributed by atoms with Crippen molar-refractivity contribution in [3.05, 3.63) is 41.0 Å². The Morgan fingerprint density at radius 3 is 2.90 bits per heavy atom. The standard InChI is InChI=1S/C14H18ClN3O2/c1-4-19-14(2,3)13-17-12(20-18-13)9-16-11-7-5-6-10(15)8-11/h5-8,16H,4,9H2,1-3H3. The second-order valence-electron chi connectivity index (χ2n) is 4.82. The normalized spacial score (nSPS) is 11.6. The molecule has 1 N–H and O–H groups in total. The van der Waals surface area contributed by atoms with Gasteiger partial charge < -0.3 is 14.6 Å². The third kappa shape index (κ3) is 3.71. The van der Waals surface area contributed by atoms with Crippen molar-refractivity contribution < 1.29 is 9.26 Å². The van der Waals surface area contributed by atoms with E-state index in [0.29, 0.717) is 29.9 Å². The lowest BCUT2D eigenvalue weighted by molar-refractivity contribution is -0.0221. The summed E-state index contributed by atoms with van der Waals surface area (Å²) in [6, 6.07) is 7.46. The van der Waals surface area contributed by atoms with Gasteiger partial charge in [0.1, 0.15) is 5.60 Å². The highest BCUT2D eigenvalue weighted by atomic mass is 35.5. The number of benzene rings is 1. The van der Waals surface area contributed by atoms with Gasteiger partial charge in [0.25, 0.3) is 0 Å². The SMILES string of the molecule is CCOC(C)(C)c1noc(CNc2cccc(Cl)c2)n1. The van der Waals surface area contributed by atoms with Crippen LogP contribution in [-0.2, 0) is 16.9 Å². The number of hydrogen-bond donors (Lipinski definition) is 1. The zero-order valence-corrected chi connectivity index (χ0v) is 12.6. The highest BCUT2D eigenvalue weighted by Gasteiger charge is 2.26. The van der Waals surface area contributed by atoms with E-state index in [4.69, 9.17) is 20.9 Å². The summed E-state index contributed by atoms with van der Waals surface area (Å²) in [6.07, 6.45) is 0. The molecule has 5 nitrogen and oxygen atoms in total. The van der Waals surface area contributed by atoms with Gasteiger partial charge in [0, 0.05) is 17.3 Å². The molecule has 0 saturated heterocycles. The first-order valence-corrected chi connectivity index (χ1v) is 6.85. The van der Waals surface area contributed by atoms with Crippen molar-refractivity contribution in [2.75, 3.05) is 11.9 Å². The number of nitrogens with zero attached hydrogens (tertiary/aromatic N) is 2. The minimum Gasteiger partial charge on any atom is -0.376 e. The maximum atomic E-state index is 5.92. The Bertz CT molecular complexity index is 569. The number of nitrogens with one attached hydrogen (secondary N) is 1. The van der Waals surface area contributed by atoms with Crippen LogP contribution in [-0.4, -0.2) is 16.7 Å². The Labute approximate surface area is 123 Å². The van der Waals surface area contributed by atoms with Crippen LogP contribution in [0.15, 0.2) is 28.8 Å². The third-order valence-electron chi connectivity index (χ3n) is 2.78. The van der Waals surface area contributed by atoms with Crippen LogP contribution in [0.4, 0.5) is 5.69 Å². The average molecular weight is 296 g/mol. The zero-order valence-electron chi connectivity index (χ0n) is 11.8.